The van der Waals surface area contributed by atoms with Gasteiger partial charge in [0, 0.05) is 13.1 Å². The number of aliphatic carboxylic acids is 1. The van der Waals surface area contributed by atoms with E-state index in [2.05, 4.69) is 5.32 Å². The zero-order valence-electron chi connectivity index (χ0n) is 11.7. The smallest absolute Gasteiger partial charge is 0.326 e. The molecule has 19 heavy (non-hydrogen) atoms. The van der Waals surface area contributed by atoms with Crippen LogP contribution in [0.1, 0.15) is 32.6 Å². The number of thioether (sulfide) groups is 1. The molecule has 0 saturated heterocycles. The number of carbonyl (C=O) groups excluding carboxylic acids is 1. The Labute approximate surface area is 119 Å². The van der Waals surface area contributed by atoms with Crippen molar-refractivity contribution in [3.05, 3.63) is 0 Å². The number of carbonyl (C=O) groups is 2. The third kappa shape index (κ3) is 6.18. The standard InChI is InChI=1S/C13H24N2O3S/c1-3-7-15(9-10-4-5-10)13(18)14-11(12(16)17)6-8-19-2/h10-11H,3-9H2,1-2H3,(H,14,18)(H,16,17)/t11-/m1/s1. The fourth-order valence-electron chi connectivity index (χ4n) is 1.89. The highest BCUT2D eigenvalue weighted by Crippen LogP contribution is 2.29. The third-order valence-corrected chi connectivity index (χ3v) is 3.81. The largest absolute Gasteiger partial charge is 0.480 e. The summed E-state index contributed by atoms with van der Waals surface area (Å²) in [7, 11) is 0. The summed E-state index contributed by atoms with van der Waals surface area (Å²) in [6.07, 6.45) is 5.65. The summed E-state index contributed by atoms with van der Waals surface area (Å²) in [5.41, 5.74) is 0. The number of amides is 2. The van der Waals surface area contributed by atoms with Crippen LogP contribution in [0.5, 0.6) is 0 Å². The molecule has 1 aliphatic carbocycles. The molecule has 0 aliphatic heterocycles. The van der Waals surface area contributed by atoms with Gasteiger partial charge in [-0.15, -0.1) is 0 Å². The van der Waals surface area contributed by atoms with Crippen LogP contribution in [0.15, 0.2) is 0 Å². The second-order valence-electron chi connectivity index (χ2n) is 5.01. The number of hydrogen-bond donors (Lipinski definition) is 2. The lowest BCUT2D eigenvalue weighted by atomic mass is 10.2. The molecule has 0 unspecified atom stereocenters. The Morgan fingerprint density at radius 3 is 2.63 bits per heavy atom. The second-order valence-corrected chi connectivity index (χ2v) is 6.00. The van der Waals surface area contributed by atoms with Crippen molar-refractivity contribution >= 4 is 23.8 Å². The van der Waals surface area contributed by atoms with Crippen LogP contribution in [0.4, 0.5) is 4.79 Å². The third-order valence-electron chi connectivity index (χ3n) is 3.16. The summed E-state index contributed by atoms with van der Waals surface area (Å²) >= 11 is 1.59. The number of nitrogens with zero attached hydrogens (tertiary/aromatic N) is 1. The average molecular weight is 288 g/mol. The molecule has 1 fully saturated rings. The minimum Gasteiger partial charge on any atom is -0.480 e. The van der Waals surface area contributed by atoms with E-state index in [0.717, 1.165) is 18.7 Å². The Hall–Kier alpha value is -0.910. The quantitative estimate of drug-likeness (QED) is 0.681. The Bertz CT molecular complexity index is 308. The van der Waals surface area contributed by atoms with Crippen LogP contribution in [-0.4, -0.2) is 53.1 Å². The predicted molar refractivity (Wildman–Crippen MR) is 77.5 cm³/mol. The molecule has 110 valence electrons. The van der Waals surface area contributed by atoms with E-state index in [1.54, 1.807) is 16.7 Å². The lowest BCUT2D eigenvalue weighted by molar-refractivity contribution is -0.139. The van der Waals surface area contributed by atoms with E-state index in [4.69, 9.17) is 5.11 Å². The number of hydrogen-bond acceptors (Lipinski definition) is 3. The van der Waals surface area contributed by atoms with Crippen molar-refractivity contribution in [3.8, 4) is 0 Å². The molecule has 2 amide bonds. The number of nitrogens with one attached hydrogen (secondary N) is 1. The van der Waals surface area contributed by atoms with Crippen LogP contribution in [-0.2, 0) is 4.79 Å². The first-order valence-corrected chi connectivity index (χ1v) is 8.25. The van der Waals surface area contributed by atoms with Gasteiger partial charge in [-0.1, -0.05) is 6.92 Å². The van der Waals surface area contributed by atoms with Crippen LogP contribution in [0.2, 0.25) is 0 Å². The minimum absolute atomic E-state index is 0.234. The van der Waals surface area contributed by atoms with Gasteiger partial charge in [0.05, 0.1) is 0 Å². The highest BCUT2D eigenvalue weighted by molar-refractivity contribution is 7.98. The molecule has 5 nitrogen and oxygen atoms in total. The molecule has 0 bridgehead atoms. The SMILES string of the molecule is CCCN(CC1CC1)C(=O)N[C@H](CCSC)C(=O)O. The van der Waals surface area contributed by atoms with Gasteiger partial charge in [0.15, 0.2) is 0 Å². The average Bonchev–Trinajstić information content (AvgIpc) is 3.17. The highest BCUT2D eigenvalue weighted by atomic mass is 32.2. The summed E-state index contributed by atoms with van der Waals surface area (Å²) in [5, 5.41) is 11.8. The number of urea groups is 1. The molecule has 1 saturated carbocycles. The fourth-order valence-corrected chi connectivity index (χ4v) is 2.36. The Morgan fingerprint density at radius 2 is 2.16 bits per heavy atom. The molecule has 2 N–H and O–H groups in total. The van der Waals surface area contributed by atoms with Crippen LogP contribution in [0.3, 0.4) is 0 Å². The molecule has 0 aromatic rings. The molecular weight excluding hydrogens is 264 g/mol. The van der Waals surface area contributed by atoms with Crippen LogP contribution < -0.4 is 5.32 Å². The van der Waals surface area contributed by atoms with Crippen molar-refractivity contribution in [2.75, 3.05) is 25.1 Å². The van der Waals surface area contributed by atoms with E-state index in [1.807, 2.05) is 13.2 Å². The van der Waals surface area contributed by atoms with Gasteiger partial charge in [0.1, 0.15) is 6.04 Å². The lowest BCUT2D eigenvalue weighted by Gasteiger charge is -2.24. The van der Waals surface area contributed by atoms with E-state index >= 15 is 0 Å². The lowest BCUT2D eigenvalue weighted by Crippen LogP contribution is -2.49. The Morgan fingerprint density at radius 1 is 1.47 bits per heavy atom. The molecule has 0 radical (unpaired) electrons. The zero-order valence-corrected chi connectivity index (χ0v) is 12.5. The fraction of sp³-hybridized carbons (Fsp3) is 0.846. The second kappa shape index (κ2) is 8.30. The number of carboxylic acids is 1. The van der Waals surface area contributed by atoms with Crippen LogP contribution >= 0.6 is 11.8 Å². The first kappa shape index (κ1) is 16.1. The maximum absolute atomic E-state index is 12.1. The van der Waals surface area contributed by atoms with Crippen molar-refractivity contribution in [3.63, 3.8) is 0 Å². The van der Waals surface area contributed by atoms with E-state index < -0.39 is 12.0 Å². The summed E-state index contributed by atoms with van der Waals surface area (Å²) in [4.78, 5) is 25.0. The molecule has 0 aromatic heterocycles. The Kier molecular flexibility index (Phi) is 7.05. The van der Waals surface area contributed by atoms with Gasteiger partial charge in [-0.05, 0) is 43.6 Å². The molecule has 0 spiro atoms. The molecule has 6 heteroatoms. The van der Waals surface area contributed by atoms with Gasteiger partial charge in [-0.3, -0.25) is 0 Å². The van der Waals surface area contributed by atoms with Gasteiger partial charge in [-0.2, -0.15) is 11.8 Å². The molecule has 1 aliphatic rings. The number of carboxylic acid groups (broad SMARTS) is 1. The summed E-state index contributed by atoms with van der Waals surface area (Å²) in [6, 6.07) is -1.01. The van der Waals surface area contributed by atoms with Crippen LogP contribution in [0, 0.1) is 5.92 Å². The van der Waals surface area contributed by atoms with Gasteiger partial charge >= 0.3 is 12.0 Å². The van der Waals surface area contributed by atoms with Crippen molar-refractivity contribution in [1.29, 1.82) is 0 Å². The summed E-state index contributed by atoms with van der Waals surface area (Å²) in [5.74, 6) is 0.394. The predicted octanol–water partition coefficient (Wildman–Crippen LogP) is 2.02. The van der Waals surface area contributed by atoms with Crippen molar-refractivity contribution in [2.45, 2.75) is 38.6 Å². The van der Waals surface area contributed by atoms with Crippen molar-refractivity contribution < 1.29 is 14.7 Å². The normalized spacial score (nSPS) is 15.9. The Balaban J connectivity index is 2.48. The zero-order chi connectivity index (χ0) is 14.3. The van der Waals surface area contributed by atoms with E-state index in [-0.39, 0.29) is 6.03 Å². The summed E-state index contributed by atoms with van der Waals surface area (Å²) < 4.78 is 0. The molecule has 0 heterocycles. The minimum atomic E-state index is -0.953. The van der Waals surface area contributed by atoms with E-state index in [0.29, 0.717) is 18.9 Å². The molecule has 0 aromatic carbocycles. The van der Waals surface area contributed by atoms with Crippen LogP contribution in [0.25, 0.3) is 0 Å². The first-order chi connectivity index (χ1) is 9.08. The topological polar surface area (TPSA) is 69.6 Å². The number of rotatable bonds is 9. The maximum Gasteiger partial charge on any atom is 0.326 e. The van der Waals surface area contributed by atoms with E-state index in [1.165, 1.54) is 12.8 Å². The van der Waals surface area contributed by atoms with Gasteiger partial charge in [0.25, 0.3) is 0 Å². The van der Waals surface area contributed by atoms with E-state index in [9.17, 15) is 9.59 Å². The summed E-state index contributed by atoms with van der Waals surface area (Å²) in [6.45, 7) is 3.47. The highest BCUT2D eigenvalue weighted by Gasteiger charge is 2.28. The monoisotopic (exact) mass is 288 g/mol. The van der Waals surface area contributed by atoms with Crippen molar-refractivity contribution in [1.82, 2.24) is 10.2 Å². The first-order valence-electron chi connectivity index (χ1n) is 6.85. The van der Waals surface area contributed by atoms with Gasteiger partial charge < -0.3 is 15.3 Å². The van der Waals surface area contributed by atoms with Gasteiger partial charge in [-0.25, -0.2) is 9.59 Å². The molecule has 1 rings (SSSR count). The van der Waals surface area contributed by atoms with Crippen molar-refractivity contribution in [2.24, 2.45) is 5.92 Å². The molecular formula is C13H24N2O3S. The molecule has 1 atom stereocenters. The maximum atomic E-state index is 12.1. The van der Waals surface area contributed by atoms with Gasteiger partial charge in [0.2, 0.25) is 0 Å².